The Morgan fingerprint density at radius 2 is 2.07 bits per heavy atom. The van der Waals surface area contributed by atoms with Crippen molar-refractivity contribution < 1.29 is 14.3 Å². The van der Waals surface area contributed by atoms with Crippen molar-refractivity contribution in [2.45, 2.75) is 26.2 Å². The number of aromatic nitrogens is 1. The van der Waals surface area contributed by atoms with E-state index in [0.717, 1.165) is 36.2 Å². The summed E-state index contributed by atoms with van der Waals surface area (Å²) < 4.78 is 5.54. The Kier molecular flexibility index (Phi) is 6.09. The van der Waals surface area contributed by atoms with Crippen LogP contribution < -0.4 is 15.0 Å². The first-order chi connectivity index (χ1) is 14.6. The molecule has 0 saturated carbocycles. The molecule has 1 N–H and O–H groups in total. The van der Waals surface area contributed by atoms with Crippen molar-refractivity contribution in [1.82, 2.24) is 4.98 Å². The molecule has 2 amide bonds. The van der Waals surface area contributed by atoms with Gasteiger partial charge in [0.25, 0.3) is 5.91 Å². The van der Waals surface area contributed by atoms with Crippen molar-refractivity contribution >= 4 is 34.5 Å². The molecule has 154 valence electrons. The number of hydrogen-bond donors (Lipinski definition) is 1. The Bertz CT molecular complexity index is 1030. The molecule has 0 fully saturated rings. The molecule has 0 unspecified atom stereocenters. The van der Waals surface area contributed by atoms with Crippen molar-refractivity contribution in [3.8, 4) is 17.0 Å². The number of unbranched alkanes of at least 4 members (excludes halogenated alkanes) is 1. The van der Waals surface area contributed by atoms with Gasteiger partial charge in [0.05, 0.1) is 16.9 Å². The Balaban J connectivity index is 1.48. The molecule has 0 aliphatic carbocycles. The van der Waals surface area contributed by atoms with Crippen LogP contribution in [0.25, 0.3) is 11.3 Å². The van der Waals surface area contributed by atoms with Crippen molar-refractivity contribution in [2.24, 2.45) is 0 Å². The number of thiazole rings is 1. The first-order valence-corrected chi connectivity index (χ1v) is 10.9. The van der Waals surface area contributed by atoms with Crippen LogP contribution in [0, 0.1) is 0 Å². The number of carbonyl (C=O) groups excluding carboxylic acids is 2. The fourth-order valence-corrected chi connectivity index (χ4v) is 3.93. The highest BCUT2D eigenvalue weighted by Crippen LogP contribution is 2.36. The summed E-state index contributed by atoms with van der Waals surface area (Å²) in [5, 5.41) is 4.82. The van der Waals surface area contributed by atoms with Gasteiger partial charge in [0.2, 0.25) is 5.91 Å². The van der Waals surface area contributed by atoms with Gasteiger partial charge in [-0.1, -0.05) is 25.5 Å². The maximum atomic E-state index is 12.7. The van der Waals surface area contributed by atoms with Crippen LogP contribution in [-0.4, -0.2) is 29.9 Å². The zero-order valence-corrected chi connectivity index (χ0v) is 17.6. The maximum Gasteiger partial charge on any atom is 0.265 e. The van der Waals surface area contributed by atoms with Crippen LogP contribution >= 0.6 is 11.3 Å². The van der Waals surface area contributed by atoms with Gasteiger partial charge in [0, 0.05) is 16.6 Å². The van der Waals surface area contributed by atoms with Crippen molar-refractivity contribution in [3.63, 3.8) is 0 Å². The lowest BCUT2D eigenvalue weighted by atomic mass is 10.1. The van der Waals surface area contributed by atoms with Gasteiger partial charge in [0.15, 0.2) is 6.61 Å². The van der Waals surface area contributed by atoms with Crippen molar-refractivity contribution in [3.05, 3.63) is 58.9 Å². The van der Waals surface area contributed by atoms with Crippen molar-refractivity contribution in [2.75, 3.05) is 23.4 Å². The van der Waals surface area contributed by atoms with Crippen LogP contribution in [-0.2, 0) is 16.0 Å². The third kappa shape index (κ3) is 4.52. The summed E-state index contributed by atoms with van der Waals surface area (Å²) in [6, 6.07) is 13.4. The second-order valence-electron chi connectivity index (χ2n) is 7.17. The third-order valence-corrected chi connectivity index (χ3v) is 5.57. The summed E-state index contributed by atoms with van der Waals surface area (Å²) in [7, 11) is 0. The monoisotopic (exact) mass is 421 g/mol. The predicted molar refractivity (Wildman–Crippen MR) is 119 cm³/mol. The van der Waals surface area contributed by atoms with Crippen LogP contribution in [0.1, 0.15) is 25.3 Å². The fraction of sp³-hybridized carbons (Fsp3) is 0.261. The summed E-state index contributed by atoms with van der Waals surface area (Å²) >= 11 is 1.50. The average molecular weight is 422 g/mol. The number of hydrogen-bond acceptors (Lipinski definition) is 5. The molecule has 1 aromatic heterocycles. The SMILES string of the molecule is CCCCc1ccc(NC(=O)CN2C(=O)COc3ccc(-c4cscn4)cc32)cc1. The van der Waals surface area contributed by atoms with Crippen LogP contribution in [0.4, 0.5) is 11.4 Å². The van der Waals surface area contributed by atoms with E-state index in [1.807, 2.05) is 47.8 Å². The minimum Gasteiger partial charge on any atom is -0.482 e. The maximum absolute atomic E-state index is 12.7. The molecule has 0 saturated heterocycles. The van der Waals surface area contributed by atoms with Gasteiger partial charge in [-0.2, -0.15) is 0 Å². The van der Waals surface area contributed by atoms with Gasteiger partial charge in [-0.15, -0.1) is 11.3 Å². The number of aryl methyl sites for hydroxylation is 1. The number of nitrogens with zero attached hydrogens (tertiary/aromatic N) is 2. The number of amides is 2. The van der Waals surface area contributed by atoms with E-state index in [9.17, 15) is 9.59 Å². The second-order valence-corrected chi connectivity index (χ2v) is 7.89. The van der Waals surface area contributed by atoms with E-state index < -0.39 is 0 Å². The minimum atomic E-state index is -0.253. The number of anilines is 2. The summed E-state index contributed by atoms with van der Waals surface area (Å²) in [6.45, 7) is 2.01. The number of nitrogens with one attached hydrogen (secondary N) is 1. The zero-order chi connectivity index (χ0) is 20.9. The van der Waals surface area contributed by atoms with E-state index in [2.05, 4.69) is 17.2 Å². The topological polar surface area (TPSA) is 71.5 Å². The molecule has 6 nitrogen and oxygen atoms in total. The summed E-state index contributed by atoms with van der Waals surface area (Å²) in [4.78, 5) is 30.9. The van der Waals surface area contributed by atoms with E-state index in [-0.39, 0.29) is 25.0 Å². The van der Waals surface area contributed by atoms with Gasteiger partial charge in [-0.25, -0.2) is 4.98 Å². The van der Waals surface area contributed by atoms with Gasteiger partial charge in [0.1, 0.15) is 12.3 Å². The number of fused-ring (bicyclic) bond motifs is 1. The van der Waals surface area contributed by atoms with Crippen molar-refractivity contribution in [1.29, 1.82) is 0 Å². The van der Waals surface area contributed by atoms with Crippen LogP contribution in [0.2, 0.25) is 0 Å². The Labute approximate surface area is 179 Å². The quantitative estimate of drug-likeness (QED) is 0.609. The van der Waals surface area contributed by atoms with Gasteiger partial charge in [-0.3, -0.25) is 14.5 Å². The molecule has 1 aliphatic heterocycles. The van der Waals surface area contributed by atoms with E-state index in [1.54, 1.807) is 5.51 Å². The molecule has 7 heteroatoms. The number of carbonyl (C=O) groups is 2. The van der Waals surface area contributed by atoms with E-state index in [1.165, 1.54) is 21.8 Å². The predicted octanol–water partition coefficient (Wildman–Crippen LogP) is 4.52. The van der Waals surface area contributed by atoms with E-state index in [4.69, 9.17) is 4.74 Å². The second kappa shape index (κ2) is 9.09. The van der Waals surface area contributed by atoms with Gasteiger partial charge < -0.3 is 10.1 Å². The molecule has 2 aromatic carbocycles. The number of ether oxygens (including phenoxy) is 1. The normalized spacial score (nSPS) is 13.0. The van der Waals surface area contributed by atoms with Crippen LogP contribution in [0.15, 0.2) is 53.4 Å². The highest BCUT2D eigenvalue weighted by molar-refractivity contribution is 7.07. The Hall–Kier alpha value is -3.19. The molecule has 0 atom stereocenters. The summed E-state index contributed by atoms with van der Waals surface area (Å²) in [6.07, 6.45) is 3.33. The van der Waals surface area contributed by atoms with Crippen LogP contribution in [0.5, 0.6) is 5.75 Å². The molecule has 0 spiro atoms. The lowest BCUT2D eigenvalue weighted by Gasteiger charge is -2.29. The number of rotatable bonds is 7. The molecular weight excluding hydrogens is 398 g/mol. The molecule has 30 heavy (non-hydrogen) atoms. The van der Waals surface area contributed by atoms with E-state index >= 15 is 0 Å². The highest BCUT2D eigenvalue weighted by Gasteiger charge is 2.28. The van der Waals surface area contributed by atoms with Gasteiger partial charge >= 0.3 is 0 Å². The lowest BCUT2D eigenvalue weighted by Crippen LogP contribution is -2.43. The van der Waals surface area contributed by atoms with Crippen LogP contribution in [0.3, 0.4) is 0 Å². The lowest BCUT2D eigenvalue weighted by molar-refractivity contribution is -0.123. The molecule has 3 aromatic rings. The summed E-state index contributed by atoms with van der Waals surface area (Å²) in [5.41, 5.74) is 6.02. The zero-order valence-electron chi connectivity index (χ0n) is 16.8. The van der Waals surface area contributed by atoms with Gasteiger partial charge in [-0.05, 0) is 48.7 Å². The number of benzene rings is 2. The first-order valence-electron chi connectivity index (χ1n) is 9.98. The molecule has 0 radical (unpaired) electrons. The molecule has 1 aliphatic rings. The smallest absolute Gasteiger partial charge is 0.265 e. The minimum absolute atomic E-state index is 0.0761. The van der Waals surface area contributed by atoms with E-state index in [0.29, 0.717) is 11.4 Å². The first kappa shape index (κ1) is 20.1. The molecule has 4 rings (SSSR count). The highest BCUT2D eigenvalue weighted by atomic mass is 32.1. The Morgan fingerprint density at radius 3 is 2.80 bits per heavy atom. The standard InChI is InChI=1S/C23H23N3O3S/c1-2-3-4-16-5-8-18(9-6-16)25-22(27)12-26-20-11-17(19-14-30-15-24-19)7-10-21(20)29-13-23(26)28/h5-11,14-15H,2-4,12-13H2,1H3,(H,25,27). The average Bonchev–Trinajstić information content (AvgIpc) is 3.30. The molecule has 0 bridgehead atoms. The molecular formula is C23H23N3O3S. The summed E-state index contributed by atoms with van der Waals surface area (Å²) in [5.74, 6) is 0.0845. The molecule has 2 heterocycles. The fourth-order valence-electron chi connectivity index (χ4n) is 3.37. The Morgan fingerprint density at radius 1 is 1.23 bits per heavy atom. The third-order valence-electron chi connectivity index (χ3n) is 4.99. The largest absolute Gasteiger partial charge is 0.482 e.